The normalized spacial score (nSPS) is 16.4. The van der Waals surface area contributed by atoms with Crippen LogP contribution in [0.2, 0.25) is 0 Å². The number of carbonyl (C=O) groups is 2. The molecule has 0 saturated carbocycles. The summed E-state index contributed by atoms with van der Waals surface area (Å²) in [7, 11) is 0. The minimum Gasteiger partial charge on any atom is -0.503 e. The van der Waals surface area contributed by atoms with E-state index in [2.05, 4.69) is 6.92 Å². The zero-order valence-corrected chi connectivity index (χ0v) is 17.0. The highest BCUT2D eigenvalue weighted by atomic mass is 16.3. The van der Waals surface area contributed by atoms with Gasteiger partial charge in [-0.25, -0.2) is 0 Å². The van der Waals surface area contributed by atoms with Gasteiger partial charge in [-0.2, -0.15) is 0 Å². The average Bonchev–Trinajstić information content (AvgIpc) is 3.31. The Morgan fingerprint density at radius 3 is 2.30 bits per heavy atom. The van der Waals surface area contributed by atoms with Gasteiger partial charge in [0.2, 0.25) is 5.78 Å². The van der Waals surface area contributed by atoms with Crippen molar-refractivity contribution in [3.63, 3.8) is 0 Å². The molecular weight excluding hydrogens is 378 g/mol. The molecular formula is C25H23NO4. The third kappa shape index (κ3) is 3.54. The van der Waals surface area contributed by atoms with E-state index in [1.54, 1.807) is 19.1 Å². The van der Waals surface area contributed by atoms with Crippen LogP contribution in [0.4, 0.5) is 0 Å². The SMILES string of the molecule is CCc1ccc(C2C(C(=O)c3ccc(C)o3)=C(O)C(=O)N2Cc2ccccc2)cc1. The maximum atomic E-state index is 13.2. The fourth-order valence-corrected chi connectivity index (χ4v) is 3.80. The summed E-state index contributed by atoms with van der Waals surface area (Å²) in [6.07, 6.45) is 0.885. The second-order valence-electron chi connectivity index (χ2n) is 7.42. The first-order valence-corrected chi connectivity index (χ1v) is 9.97. The van der Waals surface area contributed by atoms with Gasteiger partial charge >= 0.3 is 0 Å². The number of benzene rings is 2. The molecule has 30 heavy (non-hydrogen) atoms. The number of nitrogens with zero attached hydrogens (tertiary/aromatic N) is 1. The van der Waals surface area contributed by atoms with Crippen LogP contribution in [0.5, 0.6) is 0 Å². The quantitative estimate of drug-likeness (QED) is 0.595. The smallest absolute Gasteiger partial charge is 0.290 e. The molecule has 1 amide bonds. The number of hydrogen-bond donors (Lipinski definition) is 1. The number of furan rings is 1. The lowest BCUT2D eigenvalue weighted by molar-refractivity contribution is -0.130. The first kappa shape index (κ1) is 19.7. The largest absolute Gasteiger partial charge is 0.503 e. The van der Waals surface area contributed by atoms with Gasteiger partial charge in [-0.05, 0) is 42.2 Å². The Balaban J connectivity index is 1.79. The van der Waals surface area contributed by atoms with Gasteiger partial charge in [0.15, 0.2) is 11.5 Å². The van der Waals surface area contributed by atoms with Crippen molar-refractivity contribution in [2.75, 3.05) is 0 Å². The van der Waals surface area contributed by atoms with Crippen molar-refractivity contribution in [2.45, 2.75) is 32.9 Å². The maximum Gasteiger partial charge on any atom is 0.290 e. The number of hydrogen-bond acceptors (Lipinski definition) is 4. The Bertz CT molecular complexity index is 1110. The lowest BCUT2D eigenvalue weighted by Gasteiger charge is -2.27. The molecule has 0 bridgehead atoms. The lowest BCUT2D eigenvalue weighted by atomic mass is 9.94. The van der Waals surface area contributed by atoms with Crippen molar-refractivity contribution in [3.8, 4) is 0 Å². The first-order chi connectivity index (χ1) is 14.5. The Morgan fingerprint density at radius 1 is 1.00 bits per heavy atom. The molecule has 5 nitrogen and oxygen atoms in total. The summed E-state index contributed by atoms with van der Waals surface area (Å²) in [5.41, 5.74) is 2.89. The van der Waals surface area contributed by atoms with E-state index in [0.717, 1.165) is 23.1 Å². The van der Waals surface area contributed by atoms with Crippen molar-refractivity contribution in [1.82, 2.24) is 4.90 Å². The van der Waals surface area contributed by atoms with Gasteiger partial charge in [0.05, 0.1) is 11.6 Å². The van der Waals surface area contributed by atoms with Crippen molar-refractivity contribution in [1.29, 1.82) is 0 Å². The number of aryl methyl sites for hydroxylation is 2. The molecule has 1 unspecified atom stereocenters. The highest BCUT2D eigenvalue weighted by Crippen LogP contribution is 2.40. The zero-order valence-electron chi connectivity index (χ0n) is 17.0. The van der Waals surface area contributed by atoms with Gasteiger partial charge < -0.3 is 14.4 Å². The molecule has 3 aromatic rings. The number of aliphatic hydroxyl groups is 1. The summed E-state index contributed by atoms with van der Waals surface area (Å²) in [5, 5.41) is 10.7. The first-order valence-electron chi connectivity index (χ1n) is 9.97. The summed E-state index contributed by atoms with van der Waals surface area (Å²) in [6, 6.07) is 19.9. The molecule has 2 heterocycles. The van der Waals surface area contributed by atoms with Crippen LogP contribution >= 0.6 is 0 Å². The van der Waals surface area contributed by atoms with E-state index in [9.17, 15) is 14.7 Å². The second kappa shape index (κ2) is 8.03. The monoisotopic (exact) mass is 401 g/mol. The van der Waals surface area contributed by atoms with Crippen molar-refractivity contribution in [2.24, 2.45) is 0 Å². The molecule has 2 aromatic carbocycles. The molecule has 0 saturated heterocycles. The summed E-state index contributed by atoms with van der Waals surface area (Å²) >= 11 is 0. The molecule has 1 aliphatic rings. The van der Waals surface area contributed by atoms with Gasteiger partial charge in [0.25, 0.3) is 5.91 Å². The summed E-state index contributed by atoms with van der Waals surface area (Å²) in [5.74, 6) is -0.856. The molecule has 4 rings (SSSR count). The van der Waals surface area contributed by atoms with E-state index in [0.29, 0.717) is 5.76 Å². The van der Waals surface area contributed by atoms with Crippen molar-refractivity contribution in [3.05, 3.63) is 106 Å². The Labute approximate surface area is 175 Å². The molecule has 152 valence electrons. The Kier molecular flexibility index (Phi) is 5.27. The van der Waals surface area contributed by atoms with Crippen LogP contribution in [0, 0.1) is 6.92 Å². The molecule has 0 fully saturated rings. The van der Waals surface area contributed by atoms with Gasteiger partial charge in [0.1, 0.15) is 5.76 Å². The van der Waals surface area contributed by atoms with Crippen LogP contribution in [-0.4, -0.2) is 21.7 Å². The molecule has 5 heteroatoms. The Hall–Kier alpha value is -3.60. The summed E-state index contributed by atoms with van der Waals surface area (Å²) < 4.78 is 5.49. The molecule has 1 N–H and O–H groups in total. The molecule has 0 aliphatic carbocycles. The Morgan fingerprint density at radius 2 is 1.70 bits per heavy atom. The van der Waals surface area contributed by atoms with Crippen LogP contribution in [0.1, 0.15) is 46.0 Å². The van der Waals surface area contributed by atoms with Crippen molar-refractivity contribution < 1.29 is 19.1 Å². The van der Waals surface area contributed by atoms with Crippen LogP contribution in [-0.2, 0) is 17.8 Å². The molecule has 0 spiro atoms. The van der Waals surface area contributed by atoms with E-state index in [1.807, 2.05) is 54.6 Å². The number of carbonyl (C=O) groups excluding carboxylic acids is 2. The topological polar surface area (TPSA) is 70.7 Å². The van der Waals surface area contributed by atoms with Gasteiger partial charge in [-0.3, -0.25) is 9.59 Å². The van der Waals surface area contributed by atoms with Gasteiger partial charge in [-0.15, -0.1) is 0 Å². The standard InChI is InChI=1S/C25H23NO4/c1-3-17-10-12-19(13-11-17)22-21(23(27)20-14-9-16(2)30-20)24(28)25(29)26(22)15-18-7-5-4-6-8-18/h4-14,22,28H,3,15H2,1-2H3. The number of aliphatic hydroxyl groups excluding tert-OH is 1. The van der Waals surface area contributed by atoms with Crippen molar-refractivity contribution >= 4 is 11.7 Å². The van der Waals surface area contributed by atoms with E-state index >= 15 is 0 Å². The summed E-state index contributed by atoms with van der Waals surface area (Å²) in [6.45, 7) is 4.08. The van der Waals surface area contributed by atoms with Gasteiger partial charge in [-0.1, -0.05) is 61.5 Å². The number of rotatable bonds is 6. The number of amides is 1. The average molecular weight is 401 g/mol. The zero-order chi connectivity index (χ0) is 21.3. The summed E-state index contributed by atoms with van der Waals surface area (Å²) in [4.78, 5) is 27.8. The fourth-order valence-electron chi connectivity index (χ4n) is 3.80. The maximum absolute atomic E-state index is 13.2. The minimum atomic E-state index is -0.693. The predicted molar refractivity (Wildman–Crippen MR) is 113 cm³/mol. The van der Waals surface area contributed by atoms with E-state index in [-0.39, 0.29) is 17.9 Å². The molecule has 1 aromatic heterocycles. The lowest BCUT2D eigenvalue weighted by Crippen LogP contribution is -2.30. The van der Waals surface area contributed by atoms with Crippen LogP contribution in [0.3, 0.4) is 0 Å². The van der Waals surface area contributed by atoms with E-state index in [4.69, 9.17) is 4.42 Å². The van der Waals surface area contributed by atoms with Gasteiger partial charge in [0, 0.05) is 6.54 Å². The molecule has 1 atom stereocenters. The highest BCUT2D eigenvalue weighted by Gasteiger charge is 2.44. The molecule has 0 radical (unpaired) electrons. The minimum absolute atomic E-state index is 0.0505. The third-order valence-electron chi connectivity index (χ3n) is 5.41. The fraction of sp³-hybridized carbons (Fsp3) is 0.200. The number of ketones is 1. The van der Waals surface area contributed by atoms with Crippen LogP contribution in [0.25, 0.3) is 0 Å². The van der Waals surface area contributed by atoms with E-state index in [1.165, 1.54) is 4.90 Å². The number of Topliss-reactive ketones (excluding diaryl/α,β-unsaturated/α-hetero) is 1. The highest BCUT2D eigenvalue weighted by molar-refractivity contribution is 6.15. The predicted octanol–water partition coefficient (Wildman–Crippen LogP) is 4.93. The van der Waals surface area contributed by atoms with Crippen LogP contribution in [0.15, 0.2) is 82.5 Å². The van der Waals surface area contributed by atoms with E-state index < -0.39 is 23.5 Å². The molecule has 1 aliphatic heterocycles. The third-order valence-corrected chi connectivity index (χ3v) is 5.41. The van der Waals surface area contributed by atoms with Crippen LogP contribution < -0.4 is 0 Å². The second-order valence-corrected chi connectivity index (χ2v) is 7.42.